The third kappa shape index (κ3) is 2.23. The summed E-state index contributed by atoms with van der Waals surface area (Å²) in [5.74, 6) is 0.0870. The van der Waals surface area contributed by atoms with Gasteiger partial charge in [0.25, 0.3) is 0 Å². The van der Waals surface area contributed by atoms with E-state index in [1.165, 1.54) is 7.11 Å². The van der Waals surface area contributed by atoms with Gasteiger partial charge in [-0.1, -0.05) is 11.6 Å². The second-order valence-electron chi connectivity index (χ2n) is 3.19. The molecule has 0 spiro atoms. The molecule has 18 heavy (non-hydrogen) atoms. The van der Waals surface area contributed by atoms with Crippen LogP contribution < -0.4 is 4.74 Å². The van der Waals surface area contributed by atoms with Crippen molar-refractivity contribution in [2.75, 3.05) is 7.11 Å². The highest BCUT2D eigenvalue weighted by Crippen LogP contribution is 2.31. The van der Waals surface area contributed by atoms with Crippen LogP contribution in [0.25, 0.3) is 5.82 Å². The molecule has 0 unspecified atom stereocenters. The lowest BCUT2D eigenvalue weighted by molar-refractivity contribution is -0.137. The first-order valence-corrected chi connectivity index (χ1v) is 4.98. The number of halogens is 4. The van der Waals surface area contributed by atoms with E-state index in [4.69, 9.17) is 16.3 Å². The quantitative estimate of drug-likeness (QED) is 0.791. The molecule has 0 aliphatic carbocycles. The van der Waals surface area contributed by atoms with Gasteiger partial charge in [0.05, 0.1) is 18.9 Å². The van der Waals surface area contributed by atoms with E-state index in [1.807, 2.05) is 0 Å². The molecule has 0 radical (unpaired) electrons. The first-order chi connectivity index (χ1) is 8.43. The summed E-state index contributed by atoms with van der Waals surface area (Å²) in [5, 5.41) is 3.56. The van der Waals surface area contributed by atoms with Crippen LogP contribution in [0.15, 0.2) is 18.7 Å². The van der Waals surface area contributed by atoms with Crippen LogP contribution in [0.3, 0.4) is 0 Å². The van der Waals surface area contributed by atoms with E-state index >= 15 is 0 Å². The first-order valence-electron chi connectivity index (χ1n) is 4.60. The van der Waals surface area contributed by atoms with Crippen LogP contribution in [0.5, 0.6) is 5.75 Å². The van der Waals surface area contributed by atoms with Crippen LogP contribution in [0.1, 0.15) is 5.56 Å². The lowest BCUT2D eigenvalue weighted by atomic mass is 10.3. The normalized spacial score (nSPS) is 11.6. The van der Waals surface area contributed by atoms with Gasteiger partial charge in [-0.3, -0.25) is 0 Å². The van der Waals surface area contributed by atoms with Gasteiger partial charge >= 0.3 is 6.18 Å². The Morgan fingerprint density at radius 1 is 1.33 bits per heavy atom. The van der Waals surface area contributed by atoms with Gasteiger partial charge in [0.2, 0.25) is 11.6 Å². The van der Waals surface area contributed by atoms with E-state index in [-0.39, 0.29) is 16.7 Å². The molecular formula is C9H6ClF3N4O. The number of rotatable bonds is 2. The van der Waals surface area contributed by atoms with Crippen molar-refractivity contribution in [2.45, 2.75) is 6.18 Å². The highest BCUT2D eigenvalue weighted by Gasteiger charge is 2.32. The summed E-state index contributed by atoms with van der Waals surface area (Å²) in [6, 6.07) is 0. The molecule has 2 heterocycles. The Kier molecular flexibility index (Phi) is 3.12. The summed E-state index contributed by atoms with van der Waals surface area (Å²) in [6.45, 7) is 0. The van der Waals surface area contributed by atoms with Crippen molar-refractivity contribution in [2.24, 2.45) is 0 Å². The molecule has 0 atom stereocenters. The van der Waals surface area contributed by atoms with Gasteiger partial charge < -0.3 is 4.74 Å². The number of aromatic nitrogens is 4. The van der Waals surface area contributed by atoms with Crippen LogP contribution in [0.4, 0.5) is 13.2 Å². The van der Waals surface area contributed by atoms with E-state index in [0.717, 1.165) is 17.2 Å². The summed E-state index contributed by atoms with van der Waals surface area (Å²) in [7, 11) is 1.31. The molecule has 0 saturated heterocycles. The minimum atomic E-state index is -4.47. The molecule has 9 heteroatoms. The molecule has 2 aromatic rings. The van der Waals surface area contributed by atoms with E-state index in [9.17, 15) is 13.2 Å². The molecule has 2 aromatic heterocycles. The monoisotopic (exact) mass is 278 g/mol. The zero-order chi connectivity index (χ0) is 13.3. The van der Waals surface area contributed by atoms with Crippen molar-refractivity contribution in [3.8, 4) is 11.6 Å². The van der Waals surface area contributed by atoms with Crippen molar-refractivity contribution in [1.82, 2.24) is 19.7 Å². The maximum Gasteiger partial charge on any atom is 0.419 e. The Morgan fingerprint density at radius 2 is 2.06 bits per heavy atom. The van der Waals surface area contributed by atoms with Crippen LogP contribution in [0, 0.1) is 0 Å². The zero-order valence-electron chi connectivity index (χ0n) is 8.94. The molecule has 0 aliphatic rings. The third-order valence-corrected chi connectivity index (χ3v) is 2.34. The summed E-state index contributed by atoms with van der Waals surface area (Å²) >= 11 is 5.74. The Morgan fingerprint density at radius 3 is 2.61 bits per heavy atom. The fourth-order valence-corrected chi connectivity index (χ4v) is 1.47. The Balaban J connectivity index is 2.50. The van der Waals surface area contributed by atoms with E-state index in [2.05, 4.69) is 15.1 Å². The lowest BCUT2D eigenvalue weighted by Gasteiger charge is -2.07. The van der Waals surface area contributed by atoms with E-state index in [1.54, 1.807) is 0 Å². The average molecular weight is 279 g/mol. The summed E-state index contributed by atoms with van der Waals surface area (Å²) in [4.78, 5) is 7.45. The first kappa shape index (κ1) is 12.6. The van der Waals surface area contributed by atoms with Crippen molar-refractivity contribution in [3.05, 3.63) is 29.4 Å². The second-order valence-corrected chi connectivity index (χ2v) is 3.55. The molecule has 0 N–H and O–H groups in total. The molecule has 0 bridgehead atoms. The number of nitrogens with zero attached hydrogens (tertiary/aromatic N) is 4. The Bertz CT molecular complexity index is 569. The molecule has 0 fully saturated rings. The molecular weight excluding hydrogens is 273 g/mol. The predicted octanol–water partition coefficient (Wildman–Crippen LogP) is 2.34. The number of hydrogen-bond acceptors (Lipinski definition) is 4. The maximum atomic E-state index is 12.4. The Labute approximate surface area is 104 Å². The smallest absolute Gasteiger partial charge is 0.419 e. The van der Waals surface area contributed by atoms with Crippen LogP contribution in [0.2, 0.25) is 5.15 Å². The molecule has 0 saturated carbocycles. The highest BCUT2D eigenvalue weighted by atomic mass is 35.5. The molecule has 5 nitrogen and oxygen atoms in total. The summed E-state index contributed by atoms with van der Waals surface area (Å²) in [5.41, 5.74) is -0.890. The minimum Gasteiger partial charge on any atom is -0.490 e. The summed E-state index contributed by atoms with van der Waals surface area (Å²) in [6.07, 6.45) is -1.88. The second kappa shape index (κ2) is 4.45. The topological polar surface area (TPSA) is 52.8 Å². The average Bonchev–Trinajstić information content (AvgIpc) is 2.77. The van der Waals surface area contributed by atoms with E-state index < -0.39 is 11.7 Å². The standard InChI is InChI=1S/C9H6ClF3N4O/c1-18-6-7(10)14-4-15-8(6)17-3-5(2-16-17)9(11,12)13/h2-4H,1H3. The van der Waals surface area contributed by atoms with Gasteiger partial charge in [-0.25, -0.2) is 14.6 Å². The fourth-order valence-electron chi connectivity index (χ4n) is 1.27. The van der Waals surface area contributed by atoms with Crippen molar-refractivity contribution >= 4 is 11.6 Å². The van der Waals surface area contributed by atoms with E-state index in [0.29, 0.717) is 6.20 Å². The third-order valence-electron chi connectivity index (χ3n) is 2.07. The van der Waals surface area contributed by atoms with Gasteiger partial charge in [-0.2, -0.15) is 18.3 Å². The molecule has 0 amide bonds. The zero-order valence-corrected chi connectivity index (χ0v) is 9.70. The van der Waals surface area contributed by atoms with Gasteiger partial charge in [0.15, 0.2) is 5.15 Å². The maximum absolute atomic E-state index is 12.4. The number of alkyl halides is 3. The van der Waals surface area contributed by atoms with Gasteiger partial charge in [0.1, 0.15) is 6.33 Å². The largest absolute Gasteiger partial charge is 0.490 e. The highest BCUT2D eigenvalue weighted by molar-refractivity contribution is 6.31. The Hall–Kier alpha value is -1.83. The predicted molar refractivity (Wildman–Crippen MR) is 55.7 cm³/mol. The van der Waals surface area contributed by atoms with Gasteiger partial charge in [0, 0.05) is 6.20 Å². The molecule has 0 aromatic carbocycles. The van der Waals surface area contributed by atoms with Crippen LogP contribution in [-0.4, -0.2) is 26.9 Å². The lowest BCUT2D eigenvalue weighted by Crippen LogP contribution is -2.05. The van der Waals surface area contributed by atoms with Crippen molar-refractivity contribution in [1.29, 1.82) is 0 Å². The van der Waals surface area contributed by atoms with Gasteiger partial charge in [-0.15, -0.1) is 0 Å². The van der Waals surface area contributed by atoms with Crippen LogP contribution in [-0.2, 0) is 6.18 Å². The number of hydrogen-bond donors (Lipinski definition) is 0. The fraction of sp³-hybridized carbons (Fsp3) is 0.222. The van der Waals surface area contributed by atoms with Crippen molar-refractivity contribution < 1.29 is 17.9 Å². The molecule has 0 aliphatic heterocycles. The molecule has 96 valence electrons. The minimum absolute atomic E-state index is 0.00782. The van der Waals surface area contributed by atoms with Crippen LogP contribution >= 0.6 is 11.6 Å². The molecule has 2 rings (SSSR count). The van der Waals surface area contributed by atoms with Gasteiger partial charge in [-0.05, 0) is 0 Å². The number of ether oxygens (including phenoxy) is 1. The number of methoxy groups -OCH3 is 1. The summed E-state index contributed by atoms with van der Waals surface area (Å²) < 4.78 is 43.2. The van der Waals surface area contributed by atoms with Crippen molar-refractivity contribution in [3.63, 3.8) is 0 Å². The SMILES string of the molecule is COc1c(Cl)ncnc1-n1cc(C(F)(F)F)cn1.